The first-order valence-electron chi connectivity index (χ1n) is 6.19. The van der Waals surface area contributed by atoms with E-state index in [0.29, 0.717) is 6.61 Å². The van der Waals surface area contributed by atoms with E-state index in [1.165, 1.54) is 11.0 Å². The third-order valence-electron chi connectivity index (χ3n) is 2.64. The summed E-state index contributed by atoms with van der Waals surface area (Å²) in [7, 11) is 1.57. The summed E-state index contributed by atoms with van der Waals surface area (Å²) in [5.41, 5.74) is 2.08. The highest BCUT2D eigenvalue weighted by Crippen LogP contribution is 2.08. The van der Waals surface area contributed by atoms with Crippen LogP contribution >= 0.6 is 0 Å². The molecule has 1 aromatic carbocycles. The number of benzene rings is 1. The minimum absolute atomic E-state index is 0.0369. The molecule has 0 aliphatic carbocycles. The zero-order valence-electron chi connectivity index (χ0n) is 11.6. The molecular formula is C15H19NO3. The second kappa shape index (κ2) is 7.36. The largest absolute Gasteiger partial charge is 0.465 e. The molecule has 4 heteroatoms. The van der Waals surface area contributed by atoms with E-state index in [0.717, 1.165) is 11.1 Å². The van der Waals surface area contributed by atoms with Gasteiger partial charge in [-0.15, -0.1) is 0 Å². The molecule has 19 heavy (non-hydrogen) atoms. The monoisotopic (exact) mass is 261 g/mol. The highest BCUT2D eigenvalue weighted by Gasteiger charge is 2.10. The highest BCUT2D eigenvalue weighted by atomic mass is 16.5. The van der Waals surface area contributed by atoms with Gasteiger partial charge in [-0.25, -0.2) is 0 Å². The molecule has 1 rings (SSSR count). The third kappa shape index (κ3) is 4.95. The molecule has 4 nitrogen and oxygen atoms in total. The molecule has 1 aromatic rings. The number of carbonyl (C=O) groups excluding carboxylic acids is 2. The van der Waals surface area contributed by atoms with E-state index in [2.05, 4.69) is 0 Å². The SMILES string of the molecule is CCOC(=O)CN(C)C(=O)C=Cc1ccccc1C. The Labute approximate surface area is 113 Å². The minimum Gasteiger partial charge on any atom is -0.465 e. The fourth-order valence-electron chi connectivity index (χ4n) is 1.54. The highest BCUT2D eigenvalue weighted by molar-refractivity contribution is 5.93. The molecular weight excluding hydrogens is 242 g/mol. The zero-order valence-corrected chi connectivity index (χ0v) is 11.6. The molecule has 102 valence electrons. The van der Waals surface area contributed by atoms with Crippen LogP contribution in [-0.2, 0) is 14.3 Å². The van der Waals surface area contributed by atoms with Crippen molar-refractivity contribution in [3.63, 3.8) is 0 Å². The number of aryl methyl sites for hydroxylation is 1. The average molecular weight is 261 g/mol. The van der Waals surface area contributed by atoms with Crippen molar-refractivity contribution in [3.05, 3.63) is 41.5 Å². The molecule has 0 aromatic heterocycles. The molecule has 1 amide bonds. The zero-order chi connectivity index (χ0) is 14.3. The van der Waals surface area contributed by atoms with Gasteiger partial charge in [0.15, 0.2) is 0 Å². The van der Waals surface area contributed by atoms with Crippen LogP contribution in [0, 0.1) is 6.92 Å². The smallest absolute Gasteiger partial charge is 0.325 e. The van der Waals surface area contributed by atoms with Crippen LogP contribution in [0.2, 0.25) is 0 Å². The summed E-state index contributed by atoms with van der Waals surface area (Å²) in [6, 6.07) is 7.78. The van der Waals surface area contributed by atoms with Crippen molar-refractivity contribution in [2.24, 2.45) is 0 Å². The molecule has 0 radical (unpaired) electrons. The summed E-state index contributed by atoms with van der Waals surface area (Å²) in [5.74, 6) is -0.626. The van der Waals surface area contributed by atoms with Crippen molar-refractivity contribution in [2.45, 2.75) is 13.8 Å². The van der Waals surface area contributed by atoms with Crippen molar-refractivity contribution in [1.29, 1.82) is 0 Å². The van der Waals surface area contributed by atoms with Crippen molar-refractivity contribution in [1.82, 2.24) is 4.90 Å². The predicted octanol–water partition coefficient (Wildman–Crippen LogP) is 2.03. The first-order valence-corrected chi connectivity index (χ1v) is 6.19. The van der Waals surface area contributed by atoms with Gasteiger partial charge in [-0.1, -0.05) is 24.3 Å². The first-order chi connectivity index (χ1) is 9.04. The summed E-state index contributed by atoms with van der Waals surface area (Å²) in [6.45, 7) is 4.00. The Bertz CT molecular complexity index is 480. The molecule has 0 heterocycles. The van der Waals surface area contributed by atoms with E-state index < -0.39 is 5.97 Å². The lowest BCUT2D eigenvalue weighted by Gasteiger charge is -2.13. The number of rotatable bonds is 5. The summed E-state index contributed by atoms with van der Waals surface area (Å²) in [6.07, 6.45) is 3.21. The molecule has 0 fully saturated rings. The lowest BCUT2D eigenvalue weighted by Crippen LogP contribution is -2.31. The number of esters is 1. The van der Waals surface area contributed by atoms with Crippen LogP contribution in [-0.4, -0.2) is 37.0 Å². The summed E-state index contributed by atoms with van der Waals surface area (Å²) in [4.78, 5) is 24.4. The van der Waals surface area contributed by atoms with E-state index in [1.54, 1.807) is 20.0 Å². The average Bonchev–Trinajstić information content (AvgIpc) is 2.37. The van der Waals surface area contributed by atoms with Crippen LogP contribution in [0.1, 0.15) is 18.1 Å². The quantitative estimate of drug-likeness (QED) is 0.602. The molecule has 0 saturated carbocycles. The Kier molecular flexibility index (Phi) is 5.79. The Balaban J connectivity index is 2.59. The maximum Gasteiger partial charge on any atom is 0.325 e. The second-order valence-electron chi connectivity index (χ2n) is 4.19. The molecule has 0 bridgehead atoms. The Morgan fingerprint density at radius 2 is 2.00 bits per heavy atom. The second-order valence-corrected chi connectivity index (χ2v) is 4.19. The standard InChI is InChI=1S/C15H19NO3/c1-4-19-15(18)11-16(3)14(17)10-9-13-8-6-5-7-12(13)2/h5-10H,4,11H2,1-3H3. The van der Waals surface area contributed by atoms with Gasteiger partial charge < -0.3 is 9.64 Å². The fraction of sp³-hybridized carbons (Fsp3) is 0.333. The number of likely N-dealkylation sites (N-methyl/N-ethyl adjacent to an activating group) is 1. The number of amides is 1. The topological polar surface area (TPSA) is 46.6 Å². The number of hydrogen-bond donors (Lipinski definition) is 0. The Morgan fingerprint density at radius 1 is 1.32 bits per heavy atom. The van der Waals surface area contributed by atoms with Crippen LogP contribution in [0.3, 0.4) is 0 Å². The number of ether oxygens (including phenoxy) is 1. The van der Waals surface area contributed by atoms with Gasteiger partial charge in [0, 0.05) is 13.1 Å². The Morgan fingerprint density at radius 3 is 2.63 bits per heavy atom. The molecule has 0 aliphatic rings. The number of nitrogens with zero attached hydrogens (tertiary/aromatic N) is 1. The van der Waals surface area contributed by atoms with Crippen LogP contribution in [0.15, 0.2) is 30.3 Å². The van der Waals surface area contributed by atoms with Gasteiger partial charge in [0.25, 0.3) is 0 Å². The molecule has 0 spiro atoms. The van der Waals surface area contributed by atoms with Crippen molar-refractivity contribution in [3.8, 4) is 0 Å². The van der Waals surface area contributed by atoms with Gasteiger partial charge in [0.05, 0.1) is 6.61 Å². The lowest BCUT2D eigenvalue weighted by molar-refractivity contribution is -0.146. The minimum atomic E-state index is -0.400. The lowest BCUT2D eigenvalue weighted by atomic mass is 10.1. The summed E-state index contributed by atoms with van der Waals surface area (Å²) >= 11 is 0. The van der Waals surface area contributed by atoms with Gasteiger partial charge in [-0.3, -0.25) is 9.59 Å². The van der Waals surface area contributed by atoms with Gasteiger partial charge in [-0.05, 0) is 31.1 Å². The van der Waals surface area contributed by atoms with Gasteiger partial charge in [-0.2, -0.15) is 0 Å². The summed E-state index contributed by atoms with van der Waals surface area (Å²) in [5, 5.41) is 0. The van der Waals surface area contributed by atoms with Gasteiger partial charge in [0.2, 0.25) is 5.91 Å². The molecule has 0 aliphatic heterocycles. The van der Waals surface area contributed by atoms with Crippen LogP contribution in [0.4, 0.5) is 0 Å². The van der Waals surface area contributed by atoms with Crippen LogP contribution in [0.25, 0.3) is 6.08 Å². The van der Waals surface area contributed by atoms with E-state index in [1.807, 2.05) is 31.2 Å². The van der Waals surface area contributed by atoms with Gasteiger partial charge in [0.1, 0.15) is 6.54 Å². The third-order valence-corrected chi connectivity index (χ3v) is 2.64. The predicted molar refractivity (Wildman–Crippen MR) is 74.5 cm³/mol. The van der Waals surface area contributed by atoms with Crippen molar-refractivity contribution >= 4 is 18.0 Å². The number of carbonyl (C=O) groups is 2. The van der Waals surface area contributed by atoms with E-state index in [-0.39, 0.29) is 12.5 Å². The van der Waals surface area contributed by atoms with Crippen molar-refractivity contribution < 1.29 is 14.3 Å². The Hall–Kier alpha value is -2.10. The first kappa shape index (κ1) is 15.0. The van der Waals surface area contributed by atoms with E-state index in [4.69, 9.17) is 4.74 Å². The van der Waals surface area contributed by atoms with Crippen LogP contribution < -0.4 is 0 Å². The van der Waals surface area contributed by atoms with E-state index >= 15 is 0 Å². The van der Waals surface area contributed by atoms with E-state index in [9.17, 15) is 9.59 Å². The molecule has 0 atom stereocenters. The number of hydrogen-bond acceptors (Lipinski definition) is 3. The fourth-order valence-corrected chi connectivity index (χ4v) is 1.54. The maximum absolute atomic E-state index is 11.8. The molecule has 0 N–H and O–H groups in total. The molecule has 0 saturated heterocycles. The molecule has 0 unspecified atom stereocenters. The van der Waals surface area contributed by atoms with Gasteiger partial charge >= 0.3 is 5.97 Å². The normalized spacial score (nSPS) is 10.5. The van der Waals surface area contributed by atoms with Crippen molar-refractivity contribution in [2.75, 3.05) is 20.2 Å². The summed E-state index contributed by atoms with van der Waals surface area (Å²) < 4.78 is 4.79. The maximum atomic E-state index is 11.8. The van der Waals surface area contributed by atoms with Crippen LogP contribution in [0.5, 0.6) is 0 Å².